The fourth-order valence-corrected chi connectivity index (χ4v) is 3.42. The summed E-state index contributed by atoms with van der Waals surface area (Å²) in [6.07, 6.45) is 0.775. The summed E-state index contributed by atoms with van der Waals surface area (Å²) in [5, 5.41) is 9.71. The Kier molecular flexibility index (Phi) is 3.55. The molecule has 3 heterocycles. The lowest BCUT2D eigenvalue weighted by atomic mass is 10.1. The van der Waals surface area contributed by atoms with Gasteiger partial charge in [-0.3, -0.25) is 4.57 Å². The minimum absolute atomic E-state index is 0.294. The number of methoxy groups -OCH3 is 1. The van der Waals surface area contributed by atoms with E-state index in [2.05, 4.69) is 16.8 Å². The molecule has 2 aromatic heterocycles. The van der Waals surface area contributed by atoms with Gasteiger partial charge in [-0.1, -0.05) is 11.8 Å². The van der Waals surface area contributed by atoms with Crippen LogP contribution in [-0.4, -0.2) is 27.4 Å². The third-order valence-corrected chi connectivity index (χ3v) is 4.45. The highest BCUT2D eigenvalue weighted by molar-refractivity contribution is 7.16. The number of rotatable bonds is 1. The molecule has 1 N–H and O–H groups in total. The summed E-state index contributed by atoms with van der Waals surface area (Å²) in [5.74, 6) is 6.14. The first kappa shape index (κ1) is 14.8. The topological polar surface area (TPSA) is 64.4 Å². The normalized spacial score (nSPS) is 12.9. The van der Waals surface area contributed by atoms with Crippen LogP contribution in [0.4, 0.5) is 0 Å². The number of aromatic nitrogens is 2. The first-order valence-electron chi connectivity index (χ1n) is 6.92. The maximum absolute atomic E-state index is 12.0. The summed E-state index contributed by atoms with van der Waals surface area (Å²) < 4.78 is 6.76. The maximum Gasteiger partial charge on any atom is 0.351 e. The molecule has 0 radical (unpaired) electrons. The molecule has 0 aliphatic carbocycles. The zero-order valence-corrected chi connectivity index (χ0v) is 13.5. The van der Waals surface area contributed by atoms with Crippen LogP contribution in [-0.2, 0) is 13.0 Å². The second kappa shape index (κ2) is 5.27. The van der Waals surface area contributed by atoms with E-state index in [9.17, 15) is 9.90 Å². The van der Waals surface area contributed by atoms with Crippen molar-refractivity contribution in [3.8, 4) is 28.3 Å². The van der Waals surface area contributed by atoms with Crippen LogP contribution in [0, 0.1) is 11.8 Å². The Balaban J connectivity index is 2.11. The van der Waals surface area contributed by atoms with Crippen LogP contribution in [0.2, 0.25) is 0 Å². The van der Waals surface area contributed by atoms with Crippen molar-refractivity contribution in [3.05, 3.63) is 33.1 Å². The van der Waals surface area contributed by atoms with Crippen molar-refractivity contribution in [2.24, 2.45) is 0 Å². The van der Waals surface area contributed by atoms with E-state index in [1.807, 2.05) is 6.07 Å². The molecule has 0 spiro atoms. The molecule has 22 heavy (non-hydrogen) atoms. The second-order valence-electron chi connectivity index (χ2n) is 5.64. The quantitative estimate of drug-likeness (QED) is 0.813. The van der Waals surface area contributed by atoms with E-state index in [0.717, 1.165) is 27.4 Å². The summed E-state index contributed by atoms with van der Waals surface area (Å²) in [7, 11) is 1.50. The SMILES string of the molecule is COc1cc2n(c(=O)n1)CCc1cc(C#CC(C)(C)O)sc1-2. The first-order chi connectivity index (χ1) is 10.4. The zero-order chi connectivity index (χ0) is 15.9. The van der Waals surface area contributed by atoms with E-state index in [4.69, 9.17) is 4.74 Å². The zero-order valence-electron chi connectivity index (χ0n) is 12.6. The Morgan fingerprint density at radius 1 is 1.45 bits per heavy atom. The summed E-state index contributed by atoms with van der Waals surface area (Å²) in [5.41, 5.74) is 0.668. The Morgan fingerprint density at radius 3 is 2.91 bits per heavy atom. The average Bonchev–Trinajstić information content (AvgIpc) is 2.87. The lowest BCUT2D eigenvalue weighted by molar-refractivity contribution is 0.143. The molecular weight excluding hydrogens is 300 g/mol. The highest BCUT2D eigenvalue weighted by Crippen LogP contribution is 2.36. The fraction of sp³-hybridized carbons (Fsp3) is 0.375. The van der Waals surface area contributed by atoms with Gasteiger partial charge in [0, 0.05) is 12.6 Å². The molecule has 1 aliphatic heterocycles. The van der Waals surface area contributed by atoms with E-state index in [1.165, 1.54) is 18.4 Å². The molecular formula is C16H16N2O3S. The van der Waals surface area contributed by atoms with Gasteiger partial charge in [-0.2, -0.15) is 4.98 Å². The second-order valence-corrected chi connectivity index (χ2v) is 6.69. The van der Waals surface area contributed by atoms with Crippen molar-refractivity contribution >= 4 is 11.3 Å². The van der Waals surface area contributed by atoms with Crippen molar-refractivity contribution in [2.45, 2.75) is 32.4 Å². The van der Waals surface area contributed by atoms with Gasteiger partial charge in [0.1, 0.15) is 5.60 Å². The van der Waals surface area contributed by atoms with Crippen LogP contribution < -0.4 is 10.4 Å². The van der Waals surface area contributed by atoms with E-state index in [-0.39, 0.29) is 5.69 Å². The Morgan fingerprint density at radius 2 is 2.23 bits per heavy atom. The molecule has 0 atom stereocenters. The molecule has 2 aromatic rings. The minimum Gasteiger partial charge on any atom is -0.481 e. The van der Waals surface area contributed by atoms with Gasteiger partial charge in [0.05, 0.1) is 22.6 Å². The van der Waals surface area contributed by atoms with Gasteiger partial charge in [-0.05, 0) is 31.9 Å². The Hall–Kier alpha value is -2.10. The van der Waals surface area contributed by atoms with E-state index < -0.39 is 5.60 Å². The summed E-state index contributed by atoms with van der Waals surface area (Å²) in [4.78, 5) is 17.8. The van der Waals surface area contributed by atoms with Gasteiger partial charge in [0.25, 0.3) is 0 Å². The molecule has 0 saturated heterocycles. The van der Waals surface area contributed by atoms with Crippen molar-refractivity contribution in [1.82, 2.24) is 9.55 Å². The fourth-order valence-electron chi connectivity index (χ4n) is 2.33. The largest absolute Gasteiger partial charge is 0.481 e. The number of ether oxygens (including phenoxy) is 1. The van der Waals surface area contributed by atoms with Crippen LogP contribution in [0.15, 0.2) is 16.9 Å². The van der Waals surface area contributed by atoms with Gasteiger partial charge in [0.15, 0.2) is 0 Å². The summed E-state index contributed by atoms with van der Waals surface area (Å²) in [6.45, 7) is 3.91. The van der Waals surface area contributed by atoms with E-state index in [1.54, 1.807) is 24.5 Å². The monoisotopic (exact) mass is 316 g/mol. The third-order valence-electron chi connectivity index (χ3n) is 3.33. The average molecular weight is 316 g/mol. The van der Waals surface area contributed by atoms with Crippen LogP contribution in [0.1, 0.15) is 24.3 Å². The molecule has 0 fully saturated rings. The predicted molar refractivity (Wildman–Crippen MR) is 85.2 cm³/mol. The van der Waals surface area contributed by atoms with E-state index >= 15 is 0 Å². The van der Waals surface area contributed by atoms with Crippen molar-refractivity contribution < 1.29 is 9.84 Å². The number of fused-ring (bicyclic) bond motifs is 3. The number of hydrogen-bond donors (Lipinski definition) is 1. The number of hydrogen-bond acceptors (Lipinski definition) is 5. The molecule has 0 amide bonds. The molecule has 3 rings (SSSR count). The van der Waals surface area contributed by atoms with Crippen molar-refractivity contribution in [3.63, 3.8) is 0 Å². The van der Waals surface area contributed by atoms with Crippen LogP contribution in [0.5, 0.6) is 5.88 Å². The number of aryl methyl sites for hydroxylation is 1. The van der Waals surface area contributed by atoms with Gasteiger partial charge in [-0.25, -0.2) is 4.79 Å². The Labute approximate surface area is 132 Å². The van der Waals surface area contributed by atoms with Crippen LogP contribution in [0.25, 0.3) is 10.6 Å². The number of aliphatic hydroxyl groups is 1. The maximum atomic E-state index is 12.0. The number of nitrogens with zero attached hydrogens (tertiary/aromatic N) is 2. The minimum atomic E-state index is -1.02. The highest BCUT2D eigenvalue weighted by Gasteiger charge is 2.21. The van der Waals surface area contributed by atoms with E-state index in [0.29, 0.717) is 12.4 Å². The first-order valence-corrected chi connectivity index (χ1v) is 7.73. The standard InChI is InChI=1S/C16H16N2O3S/c1-16(2,20)6-4-11-8-10-5-7-18-12(14(10)22-11)9-13(21-3)17-15(18)19/h8-9,20H,5,7H2,1-3H3. The lowest BCUT2D eigenvalue weighted by Gasteiger charge is -2.18. The number of thiophene rings is 1. The van der Waals surface area contributed by atoms with Gasteiger partial charge in [-0.15, -0.1) is 11.3 Å². The summed E-state index contributed by atoms with van der Waals surface area (Å²) >= 11 is 1.52. The van der Waals surface area contributed by atoms with Gasteiger partial charge >= 0.3 is 5.69 Å². The molecule has 0 saturated carbocycles. The van der Waals surface area contributed by atoms with Crippen molar-refractivity contribution in [1.29, 1.82) is 0 Å². The molecule has 0 bridgehead atoms. The predicted octanol–water partition coefficient (Wildman–Crippen LogP) is 1.66. The smallest absolute Gasteiger partial charge is 0.351 e. The van der Waals surface area contributed by atoms with Gasteiger partial charge < -0.3 is 9.84 Å². The Bertz CT molecular complexity index is 847. The molecule has 5 nitrogen and oxygen atoms in total. The molecule has 0 unspecified atom stereocenters. The van der Waals surface area contributed by atoms with Crippen LogP contribution >= 0.6 is 11.3 Å². The molecule has 6 heteroatoms. The summed E-state index contributed by atoms with van der Waals surface area (Å²) in [6, 6.07) is 3.81. The molecule has 0 aromatic carbocycles. The molecule has 1 aliphatic rings. The van der Waals surface area contributed by atoms with Crippen molar-refractivity contribution in [2.75, 3.05) is 7.11 Å². The van der Waals surface area contributed by atoms with Gasteiger partial charge in [0.2, 0.25) is 5.88 Å². The molecule has 114 valence electrons. The lowest BCUT2D eigenvalue weighted by Crippen LogP contribution is -2.27. The highest BCUT2D eigenvalue weighted by atomic mass is 32.1. The van der Waals surface area contributed by atoms with Crippen LogP contribution in [0.3, 0.4) is 0 Å². The third kappa shape index (κ3) is 2.78.